The van der Waals surface area contributed by atoms with E-state index in [1.807, 2.05) is 6.07 Å². The van der Waals surface area contributed by atoms with E-state index in [1.54, 1.807) is 36.4 Å². The molecule has 2 nitrogen and oxygen atoms in total. The van der Waals surface area contributed by atoms with Crippen molar-refractivity contribution < 1.29 is 4.79 Å². The summed E-state index contributed by atoms with van der Waals surface area (Å²) >= 11 is 19.2. The summed E-state index contributed by atoms with van der Waals surface area (Å²) in [5.74, 6) is 0.943. The molecular formula is C15H12Cl3NOS. The van der Waals surface area contributed by atoms with Crippen LogP contribution in [0.1, 0.15) is 5.56 Å². The molecule has 0 aromatic heterocycles. The molecule has 0 spiro atoms. The zero-order chi connectivity index (χ0) is 15.2. The molecule has 2 rings (SSSR count). The van der Waals surface area contributed by atoms with Gasteiger partial charge in [-0.2, -0.15) is 0 Å². The van der Waals surface area contributed by atoms with Crippen LogP contribution in [0.2, 0.25) is 15.1 Å². The lowest BCUT2D eigenvalue weighted by molar-refractivity contribution is -0.113. The predicted octanol–water partition coefficient (Wildman–Crippen LogP) is 5.52. The van der Waals surface area contributed by atoms with Crippen molar-refractivity contribution in [2.45, 2.75) is 5.75 Å². The Balaban J connectivity index is 1.80. The molecule has 0 saturated heterocycles. The lowest BCUT2D eigenvalue weighted by Gasteiger charge is -2.06. The van der Waals surface area contributed by atoms with Crippen LogP contribution in [0.5, 0.6) is 0 Å². The zero-order valence-electron chi connectivity index (χ0n) is 10.9. The van der Waals surface area contributed by atoms with E-state index in [4.69, 9.17) is 34.8 Å². The van der Waals surface area contributed by atoms with Crippen LogP contribution in [0.4, 0.5) is 5.69 Å². The van der Waals surface area contributed by atoms with Gasteiger partial charge in [-0.15, -0.1) is 11.8 Å². The number of nitrogens with one attached hydrogen (secondary N) is 1. The van der Waals surface area contributed by atoms with Crippen LogP contribution in [-0.4, -0.2) is 11.7 Å². The van der Waals surface area contributed by atoms with Gasteiger partial charge in [-0.3, -0.25) is 4.79 Å². The van der Waals surface area contributed by atoms with E-state index < -0.39 is 0 Å². The summed E-state index contributed by atoms with van der Waals surface area (Å²) in [5.41, 5.74) is 1.69. The number of hydrogen-bond acceptors (Lipinski definition) is 2. The van der Waals surface area contributed by atoms with E-state index in [9.17, 15) is 4.79 Å². The number of thioether (sulfide) groups is 1. The summed E-state index contributed by atoms with van der Waals surface area (Å²) in [6.45, 7) is 0. The number of carbonyl (C=O) groups is 1. The molecule has 110 valence electrons. The van der Waals surface area contributed by atoms with Gasteiger partial charge in [0, 0.05) is 26.5 Å². The molecule has 0 aliphatic rings. The Morgan fingerprint density at radius 3 is 2.33 bits per heavy atom. The monoisotopic (exact) mass is 359 g/mol. The second-order valence-electron chi connectivity index (χ2n) is 4.28. The highest BCUT2D eigenvalue weighted by atomic mass is 35.5. The van der Waals surface area contributed by atoms with Crippen molar-refractivity contribution in [3.8, 4) is 0 Å². The molecule has 0 heterocycles. The van der Waals surface area contributed by atoms with Crippen molar-refractivity contribution in [2.24, 2.45) is 0 Å². The standard InChI is InChI=1S/C15H12Cl3NOS/c16-11-3-5-13(6-4-11)19-15(20)9-21-8-10-1-2-12(17)7-14(10)18/h1-7H,8-9H2,(H,19,20). The third-order valence-electron chi connectivity index (χ3n) is 2.63. The van der Waals surface area contributed by atoms with Crippen molar-refractivity contribution in [1.29, 1.82) is 0 Å². The Hall–Kier alpha value is -0.870. The first-order valence-corrected chi connectivity index (χ1v) is 8.40. The SMILES string of the molecule is O=C(CSCc1ccc(Cl)cc1Cl)Nc1ccc(Cl)cc1. The predicted molar refractivity (Wildman–Crippen MR) is 92.7 cm³/mol. The molecule has 6 heteroatoms. The molecule has 0 unspecified atom stereocenters. The molecule has 0 aliphatic heterocycles. The summed E-state index contributed by atoms with van der Waals surface area (Å²) in [6.07, 6.45) is 0. The van der Waals surface area contributed by atoms with Crippen LogP contribution in [0.25, 0.3) is 0 Å². The van der Waals surface area contributed by atoms with Crippen LogP contribution in [-0.2, 0) is 10.5 Å². The van der Waals surface area contributed by atoms with Gasteiger partial charge in [0.2, 0.25) is 5.91 Å². The smallest absolute Gasteiger partial charge is 0.234 e. The lowest BCUT2D eigenvalue weighted by atomic mass is 10.2. The molecule has 2 aromatic carbocycles. The molecule has 0 fully saturated rings. The highest BCUT2D eigenvalue weighted by Crippen LogP contribution is 2.24. The molecule has 0 atom stereocenters. The molecule has 0 saturated carbocycles. The van der Waals surface area contributed by atoms with Gasteiger partial charge in [0.25, 0.3) is 0 Å². The average Bonchev–Trinajstić information content (AvgIpc) is 2.44. The van der Waals surface area contributed by atoms with Gasteiger partial charge in [-0.1, -0.05) is 40.9 Å². The van der Waals surface area contributed by atoms with Gasteiger partial charge in [0.05, 0.1) is 5.75 Å². The molecule has 0 aliphatic carbocycles. The molecule has 1 N–H and O–H groups in total. The quantitative estimate of drug-likeness (QED) is 0.760. The minimum absolute atomic E-state index is 0.0626. The summed E-state index contributed by atoms with van der Waals surface area (Å²) < 4.78 is 0. The number of anilines is 1. The normalized spacial score (nSPS) is 10.4. The maximum Gasteiger partial charge on any atom is 0.234 e. The topological polar surface area (TPSA) is 29.1 Å². The Kier molecular flexibility index (Phi) is 6.24. The second kappa shape index (κ2) is 7.95. The summed E-state index contributed by atoms with van der Waals surface area (Å²) in [7, 11) is 0. The number of carbonyl (C=O) groups excluding carboxylic acids is 1. The maximum absolute atomic E-state index is 11.8. The van der Waals surface area contributed by atoms with Gasteiger partial charge < -0.3 is 5.32 Å². The van der Waals surface area contributed by atoms with Crippen LogP contribution in [0.15, 0.2) is 42.5 Å². The van der Waals surface area contributed by atoms with Gasteiger partial charge in [0.15, 0.2) is 0 Å². The molecule has 0 radical (unpaired) electrons. The highest BCUT2D eigenvalue weighted by molar-refractivity contribution is 7.99. The molecule has 21 heavy (non-hydrogen) atoms. The van der Waals surface area contributed by atoms with Crippen LogP contribution < -0.4 is 5.32 Å². The Labute approximate surface area is 142 Å². The number of benzene rings is 2. The van der Waals surface area contributed by atoms with E-state index in [1.165, 1.54) is 11.8 Å². The van der Waals surface area contributed by atoms with E-state index in [-0.39, 0.29) is 5.91 Å². The zero-order valence-corrected chi connectivity index (χ0v) is 14.0. The van der Waals surface area contributed by atoms with E-state index in [0.29, 0.717) is 26.6 Å². The first-order chi connectivity index (χ1) is 10.0. The van der Waals surface area contributed by atoms with Crippen LogP contribution in [0.3, 0.4) is 0 Å². The first-order valence-electron chi connectivity index (χ1n) is 6.11. The fraction of sp³-hybridized carbons (Fsp3) is 0.133. The van der Waals surface area contributed by atoms with E-state index >= 15 is 0 Å². The third-order valence-corrected chi connectivity index (χ3v) is 4.45. The number of amides is 1. The summed E-state index contributed by atoms with van der Waals surface area (Å²) in [5, 5.41) is 4.67. The lowest BCUT2D eigenvalue weighted by Crippen LogP contribution is -2.14. The third kappa shape index (κ3) is 5.44. The fourth-order valence-corrected chi connectivity index (χ4v) is 3.13. The van der Waals surface area contributed by atoms with E-state index in [2.05, 4.69) is 5.32 Å². The molecule has 0 bridgehead atoms. The molecule has 2 aromatic rings. The van der Waals surface area contributed by atoms with Crippen molar-refractivity contribution in [1.82, 2.24) is 0 Å². The van der Waals surface area contributed by atoms with Crippen molar-refractivity contribution in [3.63, 3.8) is 0 Å². The van der Waals surface area contributed by atoms with Gasteiger partial charge in [-0.05, 0) is 42.0 Å². The number of rotatable bonds is 5. The second-order valence-corrected chi connectivity index (χ2v) is 6.55. The van der Waals surface area contributed by atoms with Gasteiger partial charge >= 0.3 is 0 Å². The van der Waals surface area contributed by atoms with Crippen molar-refractivity contribution in [2.75, 3.05) is 11.1 Å². The van der Waals surface area contributed by atoms with Crippen molar-refractivity contribution in [3.05, 3.63) is 63.1 Å². The fourth-order valence-electron chi connectivity index (χ4n) is 1.62. The molecular weight excluding hydrogens is 349 g/mol. The Morgan fingerprint density at radius 2 is 1.67 bits per heavy atom. The van der Waals surface area contributed by atoms with E-state index in [0.717, 1.165) is 11.3 Å². The van der Waals surface area contributed by atoms with Crippen LogP contribution in [0, 0.1) is 0 Å². The van der Waals surface area contributed by atoms with Crippen molar-refractivity contribution >= 4 is 58.2 Å². The number of hydrogen-bond donors (Lipinski definition) is 1. The molecule has 1 amide bonds. The van der Waals surface area contributed by atoms with Gasteiger partial charge in [0.1, 0.15) is 0 Å². The minimum atomic E-state index is -0.0626. The Morgan fingerprint density at radius 1 is 1.00 bits per heavy atom. The maximum atomic E-state index is 11.8. The minimum Gasteiger partial charge on any atom is -0.325 e. The summed E-state index contributed by atoms with van der Waals surface area (Å²) in [6, 6.07) is 12.4. The summed E-state index contributed by atoms with van der Waals surface area (Å²) in [4.78, 5) is 11.8. The highest BCUT2D eigenvalue weighted by Gasteiger charge is 2.05. The Bertz CT molecular complexity index is 631. The van der Waals surface area contributed by atoms with Crippen LogP contribution >= 0.6 is 46.6 Å². The average molecular weight is 361 g/mol. The number of halogens is 3. The van der Waals surface area contributed by atoms with Gasteiger partial charge in [-0.25, -0.2) is 0 Å². The first kappa shape index (κ1) is 16.5. The largest absolute Gasteiger partial charge is 0.325 e.